The van der Waals surface area contributed by atoms with E-state index in [9.17, 15) is 14.4 Å². The van der Waals surface area contributed by atoms with Crippen LogP contribution in [0, 0.1) is 17.8 Å². The van der Waals surface area contributed by atoms with E-state index < -0.39 is 11.2 Å². The van der Waals surface area contributed by atoms with Gasteiger partial charge in [-0.2, -0.15) is 0 Å². The summed E-state index contributed by atoms with van der Waals surface area (Å²) in [6.45, 7) is 0. The summed E-state index contributed by atoms with van der Waals surface area (Å²) in [6.07, 6.45) is 4.65. The summed E-state index contributed by atoms with van der Waals surface area (Å²) in [5, 5.41) is 3.15. The fourth-order valence-electron chi connectivity index (χ4n) is 4.48. The van der Waals surface area contributed by atoms with Crippen LogP contribution in [0.2, 0.25) is 0 Å². The number of amides is 1. The van der Waals surface area contributed by atoms with Crippen LogP contribution >= 0.6 is 0 Å². The lowest BCUT2D eigenvalue weighted by molar-refractivity contribution is -0.121. The topological polar surface area (TPSA) is 112 Å². The van der Waals surface area contributed by atoms with Crippen molar-refractivity contribution in [1.29, 1.82) is 0 Å². The number of nitrogens with two attached hydrogens (primary N) is 1. The summed E-state index contributed by atoms with van der Waals surface area (Å²) < 4.78 is 2.34. The number of pyridine rings is 1. The van der Waals surface area contributed by atoms with E-state index in [1.165, 1.54) is 17.8 Å². The van der Waals surface area contributed by atoms with Gasteiger partial charge in [-0.25, -0.2) is 9.78 Å². The number of rotatable bonds is 2. The third-order valence-electron chi connectivity index (χ3n) is 5.84. The molecule has 25 heavy (non-hydrogen) atoms. The molecule has 8 nitrogen and oxygen atoms in total. The number of nitrogens with zero attached hydrogens (tertiary/aromatic N) is 3. The minimum absolute atomic E-state index is 0.0964. The molecule has 8 heteroatoms. The van der Waals surface area contributed by atoms with Crippen molar-refractivity contribution in [2.45, 2.75) is 25.3 Å². The van der Waals surface area contributed by atoms with Gasteiger partial charge < -0.3 is 11.1 Å². The van der Waals surface area contributed by atoms with Gasteiger partial charge >= 0.3 is 5.69 Å². The Hall–Kier alpha value is -2.48. The van der Waals surface area contributed by atoms with Gasteiger partial charge in [-0.1, -0.05) is 0 Å². The molecule has 4 rings (SSSR count). The fourth-order valence-corrected chi connectivity index (χ4v) is 4.48. The number of anilines is 1. The van der Waals surface area contributed by atoms with Gasteiger partial charge in [-0.05, 0) is 37.2 Å². The first-order chi connectivity index (χ1) is 11.9. The Kier molecular flexibility index (Phi) is 3.54. The van der Waals surface area contributed by atoms with Crippen LogP contribution in [0.4, 0.5) is 5.69 Å². The quantitative estimate of drug-likeness (QED) is 0.794. The van der Waals surface area contributed by atoms with Crippen LogP contribution in [0.1, 0.15) is 19.3 Å². The van der Waals surface area contributed by atoms with E-state index in [1.807, 2.05) is 0 Å². The van der Waals surface area contributed by atoms with E-state index >= 15 is 0 Å². The molecule has 2 heterocycles. The third-order valence-corrected chi connectivity index (χ3v) is 5.84. The number of aromatic nitrogens is 3. The van der Waals surface area contributed by atoms with Crippen LogP contribution in [0.15, 0.2) is 21.9 Å². The van der Waals surface area contributed by atoms with Crippen LogP contribution in [-0.2, 0) is 18.9 Å². The van der Waals surface area contributed by atoms with Crippen molar-refractivity contribution in [2.75, 3.05) is 5.32 Å². The van der Waals surface area contributed by atoms with E-state index in [1.54, 1.807) is 13.1 Å². The molecule has 132 valence electrons. The van der Waals surface area contributed by atoms with Crippen molar-refractivity contribution >= 4 is 22.6 Å². The van der Waals surface area contributed by atoms with Crippen LogP contribution in [0.25, 0.3) is 11.0 Å². The van der Waals surface area contributed by atoms with Gasteiger partial charge in [0, 0.05) is 20.1 Å². The van der Waals surface area contributed by atoms with E-state index in [0.29, 0.717) is 28.6 Å². The van der Waals surface area contributed by atoms with E-state index in [4.69, 9.17) is 5.73 Å². The second kappa shape index (κ2) is 5.52. The molecule has 2 aliphatic rings. The lowest BCUT2D eigenvalue weighted by atomic mass is 9.84. The molecule has 2 aromatic heterocycles. The van der Waals surface area contributed by atoms with Gasteiger partial charge in [-0.15, -0.1) is 0 Å². The maximum absolute atomic E-state index is 12.7. The van der Waals surface area contributed by atoms with Crippen LogP contribution in [0.3, 0.4) is 0 Å². The minimum atomic E-state index is -0.435. The highest BCUT2D eigenvalue weighted by molar-refractivity contribution is 5.95. The highest BCUT2D eigenvalue weighted by Gasteiger charge is 2.49. The standard InChI is InChI=1S/C17H21N5O3/c1-21-14-11(16(24)22(2)17(21)25)6-10(7-19-14)20-15(23)12-8-3-4-9(5-8)13(12)18/h6-9,12-13H,3-5,18H2,1-2H3,(H,20,23). The van der Waals surface area contributed by atoms with Crippen molar-refractivity contribution in [3.63, 3.8) is 0 Å². The van der Waals surface area contributed by atoms with E-state index in [0.717, 1.165) is 23.8 Å². The Morgan fingerprint density at radius 3 is 2.64 bits per heavy atom. The molecule has 2 saturated carbocycles. The average molecular weight is 343 g/mol. The summed E-state index contributed by atoms with van der Waals surface area (Å²) in [6, 6.07) is 1.47. The van der Waals surface area contributed by atoms with E-state index in [2.05, 4.69) is 10.3 Å². The smallest absolute Gasteiger partial charge is 0.327 e. The molecule has 0 aliphatic heterocycles. The Bertz CT molecular complexity index is 990. The lowest BCUT2D eigenvalue weighted by Crippen LogP contribution is -2.42. The predicted molar refractivity (Wildman–Crippen MR) is 93.2 cm³/mol. The van der Waals surface area contributed by atoms with Crippen molar-refractivity contribution in [2.24, 2.45) is 37.6 Å². The summed E-state index contributed by atoms with van der Waals surface area (Å²) >= 11 is 0. The number of nitrogens with one attached hydrogen (secondary N) is 1. The highest BCUT2D eigenvalue weighted by atomic mass is 16.2. The molecule has 4 atom stereocenters. The van der Waals surface area contributed by atoms with Gasteiger partial charge in [0.05, 0.1) is 23.2 Å². The molecule has 2 fully saturated rings. The largest absolute Gasteiger partial charge is 0.332 e. The Morgan fingerprint density at radius 1 is 1.24 bits per heavy atom. The van der Waals surface area contributed by atoms with Crippen LogP contribution < -0.4 is 22.3 Å². The zero-order valence-electron chi connectivity index (χ0n) is 14.2. The Morgan fingerprint density at radius 2 is 1.96 bits per heavy atom. The van der Waals surface area contributed by atoms with Crippen LogP contribution in [0.5, 0.6) is 0 Å². The molecule has 2 bridgehead atoms. The molecular formula is C17H21N5O3. The zero-order chi connectivity index (χ0) is 17.9. The number of hydrogen-bond acceptors (Lipinski definition) is 5. The predicted octanol–water partition coefficient (Wildman–Crippen LogP) is -0.0559. The molecule has 0 saturated heterocycles. The SMILES string of the molecule is Cn1c(=O)c2cc(NC(=O)C3C4CCC(C4)C3N)cnc2n(C)c1=O. The summed E-state index contributed by atoms with van der Waals surface area (Å²) in [7, 11) is 2.98. The average Bonchev–Trinajstić information content (AvgIpc) is 3.19. The van der Waals surface area contributed by atoms with Gasteiger partial charge in [0.1, 0.15) is 5.65 Å². The monoisotopic (exact) mass is 343 g/mol. The first-order valence-corrected chi connectivity index (χ1v) is 8.50. The highest BCUT2D eigenvalue weighted by Crippen LogP contribution is 2.47. The molecule has 0 aromatic carbocycles. The second-order valence-corrected chi connectivity index (χ2v) is 7.23. The minimum Gasteiger partial charge on any atom is -0.327 e. The lowest BCUT2D eigenvalue weighted by Gasteiger charge is -2.27. The maximum atomic E-state index is 12.7. The maximum Gasteiger partial charge on any atom is 0.332 e. The van der Waals surface area contributed by atoms with Gasteiger partial charge in [0.25, 0.3) is 5.56 Å². The first kappa shape index (κ1) is 16.0. The Labute approximate surface area is 143 Å². The molecule has 2 aromatic rings. The molecule has 1 amide bonds. The van der Waals surface area contributed by atoms with Crippen molar-refractivity contribution in [3.05, 3.63) is 33.1 Å². The molecule has 4 unspecified atom stereocenters. The normalized spacial score (nSPS) is 27.8. The zero-order valence-corrected chi connectivity index (χ0v) is 14.2. The first-order valence-electron chi connectivity index (χ1n) is 8.50. The fraction of sp³-hybridized carbons (Fsp3) is 0.529. The molecule has 0 radical (unpaired) electrons. The number of fused-ring (bicyclic) bond motifs is 3. The number of carbonyl (C=O) groups excluding carboxylic acids is 1. The second-order valence-electron chi connectivity index (χ2n) is 7.23. The molecule has 3 N–H and O–H groups in total. The van der Waals surface area contributed by atoms with Crippen molar-refractivity contribution < 1.29 is 4.79 Å². The number of carbonyl (C=O) groups is 1. The molecular weight excluding hydrogens is 322 g/mol. The third kappa shape index (κ3) is 2.31. The molecule has 0 spiro atoms. The molecule has 2 aliphatic carbocycles. The Balaban J connectivity index is 1.68. The van der Waals surface area contributed by atoms with Gasteiger partial charge in [-0.3, -0.25) is 18.7 Å². The summed E-state index contributed by atoms with van der Waals surface area (Å²) in [5.74, 6) is 0.499. The number of aryl methyl sites for hydroxylation is 1. The summed E-state index contributed by atoms with van der Waals surface area (Å²) in [5.41, 5.74) is 6.10. The van der Waals surface area contributed by atoms with Crippen molar-refractivity contribution in [1.82, 2.24) is 14.1 Å². The van der Waals surface area contributed by atoms with Gasteiger partial charge in [0.2, 0.25) is 5.91 Å². The number of hydrogen-bond donors (Lipinski definition) is 2. The van der Waals surface area contributed by atoms with Crippen LogP contribution in [-0.4, -0.2) is 26.1 Å². The summed E-state index contributed by atoms with van der Waals surface area (Å²) in [4.78, 5) is 41.1. The van der Waals surface area contributed by atoms with E-state index in [-0.39, 0.29) is 17.9 Å². The van der Waals surface area contributed by atoms with Gasteiger partial charge in [0.15, 0.2) is 0 Å². The van der Waals surface area contributed by atoms with Crippen molar-refractivity contribution in [3.8, 4) is 0 Å².